The Kier molecular flexibility index (Phi) is 3.44. The average molecular weight is 141 g/mol. The molecule has 0 bridgehead atoms. The van der Waals surface area contributed by atoms with Gasteiger partial charge >= 0.3 is 0 Å². The summed E-state index contributed by atoms with van der Waals surface area (Å²) in [5.74, 6) is 0.958. The van der Waals surface area contributed by atoms with Crippen LogP contribution >= 0.6 is 0 Å². The summed E-state index contributed by atoms with van der Waals surface area (Å²) in [6.45, 7) is 1.54. The highest BCUT2D eigenvalue weighted by atomic mass is 16.1. The van der Waals surface area contributed by atoms with Gasteiger partial charge in [-0.15, -0.1) is 0 Å². The van der Waals surface area contributed by atoms with Crippen LogP contribution in [0.3, 0.4) is 0 Å². The molecule has 1 rings (SSSR count). The highest BCUT2D eigenvalue weighted by Crippen LogP contribution is 2.28. The third-order valence-electron chi connectivity index (χ3n) is 2.18. The van der Waals surface area contributed by atoms with Crippen molar-refractivity contribution >= 4 is 6.29 Å². The Balaban J connectivity index is 1.80. The summed E-state index contributed by atoms with van der Waals surface area (Å²) in [5, 5.41) is 3.07. The van der Waals surface area contributed by atoms with Gasteiger partial charge in [-0.3, -0.25) is 0 Å². The standard InChI is InChI=1S/C8H15NO/c10-7-6-9-5-4-8-2-1-3-8/h7-9H,1-6H2. The predicted molar refractivity (Wildman–Crippen MR) is 40.9 cm³/mol. The molecule has 0 unspecified atom stereocenters. The Labute approximate surface area is 62.0 Å². The first-order valence-electron chi connectivity index (χ1n) is 4.08. The molecule has 0 spiro atoms. The number of aldehydes is 1. The van der Waals surface area contributed by atoms with Crippen LogP contribution in [-0.2, 0) is 4.79 Å². The SMILES string of the molecule is O=CCNCCC1CCC1. The predicted octanol–water partition coefficient (Wildman–Crippen LogP) is 0.965. The highest BCUT2D eigenvalue weighted by molar-refractivity contribution is 5.51. The van der Waals surface area contributed by atoms with Gasteiger partial charge in [-0.1, -0.05) is 19.3 Å². The van der Waals surface area contributed by atoms with Crippen molar-refractivity contribution in [2.45, 2.75) is 25.7 Å². The molecule has 2 heteroatoms. The van der Waals surface area contributed by atoms with Gasteiger partial charge in [0.05, 0.1) is 6.54 Å². The van der Waals surface area contributed by atoms with Crippen molar-refractivity contribution in [2.75, 3.05) is 13.1 Å². The summed E-state index contributed by atoms with van der Waals surface area (Å²) in [6.07, 6.45) is 6.40. The van der Waals surface area contributed by atoms with E-state index in [1.165, 1.54) is 25.7 Å². The molecular weight excluding hydrogens is 126 g/mol. The molecule has 0 saturated heterocycles. The maximum atomic E-state index is 9.87. The lowest BCUT2D eigenvalue weighted by Gasteiger charge is -2.24. The fourth-order valence-corrected chi connectivity index (χ4v) is 1.25. The Hall–Kier alpha value is -0.370. The van der Waals surface area contributed by atoms with Crippen LogP contribution in [0.1, 0.15) is 25.7 Å². The van der Waals surface area contributed by atoms with Crippen molar-refractivity contribution in [3.8, 4) is 0 Å². The normalized spacial score (nSPS) is 18.4. The largest absolute Gasteiger partial charge is 0.310 e. The molecule has 10 heavy (non-hydrogen) atoms. The second kappa shape index (κ2) is 4.45. The minimum atomic E-state index is 0.521. The summed E-state index contributed by atoms with van der Waals surface area (Å²) in [6, 6.07) is 0. The third-order valence-corrected chi connectivity index (χ3v) is 2.18. The van der Waals surface area contributed by atoms with Gasteiger partial charge in [-0.2, -0.15) is 0 Å². The molecule has 1 saturated carbocycles. The van der Waals surface area contributed by atoms with Gasteiger partial charge in [0, 0.05) is 0 Å². The second-order valence-corrected chi connectivity index (χ2v) is 2.96. The molecule has 1 aliphatic rings. The summed E-state index contributed by atoms with van der Waals surface area (Å²) in [4.78, 5) is 9.87. The van der Waals surface area contributed by atoms with Crippen LogP contribution in [0.25, 0.3) is 0 Å². The fourth-order valence-electron chi connectivity index (χ4n) is 1.25. The summed E-state index contributed by atoms with van der Waals surface area (Å²) < 4.78 is 0. The van der Waals surface area contributed by atoms with E-state index in [0.29, 0.717) is 6.54 Å². The lowest BCUT2D eigenvalue weighted by atomic mass is 9.83. The fraction of sp³-hybridized carbons (Fsp3) is 0.875. The monoisotopic (exact) mass is 141 g/mol. The van der Waals surface area contributed by atoms with Crippen molar-refractivity contribution in [3.05, 3.63) is 0 Å². The number of hydrogen-bond donors (Lipinski definition) is 1. The lowest BCUT2D eigenvalue weighted by Crippen LogP contribution is -2.22. The zero-order valence-corrected chi connectivity index (χ0v) is 6.31. The van der Waals surface area contributed by atoms with Crippen LogP contribution < -0.4 is 5.32 Å². The molecule has 0 atom stereocenters. The van der Waals surface area contributed by atoms with E-state index in [1.54, 1.807) is 0 Å². The van der Waals surface area contributed by atoms with Crippen LogP contribution in [0.4, 0.5) is 0 Å². The Bertz CT molecular complexity index is 99.4. The van der Waals surface area contributed by atoms with E-state index >= 15 is 0 Å². The van der Waals surface area contributed by atoms with Gasteiger partial charge in [-0.05, 0) is 18.9 Å². The Morgan fingerprint density at radius 1 is 1.50 bits per heavy atom. The number of nitrogens with one attached hydrogen (secondary N) is 1. The number of carbonyl (C=O) groups is 1. The molecule has 0 heterocycles. The molecule has 1 aliphatic carbocycles. The van der Waals surface area contributed by atoms with Gasteiger partial charge in [0.15, 0.2) is 0 Å². The van der Waals surface area contributed by atoms with E-state index in [0.717, 1.165) is 18.7 Å². The van der Waals surface area contributed by atoms with Crippen LogP contribution in [0.5, 0.6) is 0 Å². The quantitative estimate of drug-likeness (QED) is 0.456. The molecule has 0 aromatic heterocycles. The molecular formula is C8H15NO. The lowest BCUT2D eigenvalue weighted by molar-refractivity contribution is -0.107. The second-order valence-electron chi connectivity index (χ2n) is 2.96. The van der Waals surface area contributed by atoms with Crippen LogP contribution in [0, 0.1) is 5.92 Å². The number of hydrogen-bond acceptors (Lipinski definition) is 2. The third kappa shape index (κ3) is 2.48. The molecule has 1 N–H and O–H groups in total. The van der Waals surface area contributed by atoms with Crippen LogP contribution in [0.15, 0.2) is 0 Å². The molecule has 0 aromatic carbocycles. The van der Waals surface area contributed by atoms with E-state index in [2.05, 4.69) is 5.32 Å². The highest BCUT2D eigenvalue weighted by Gasteiger charge is 2.15. The Morgan fingerprint density at radius 2 is 2.30 bits per heavy atom. The summed E-state index contributed by atoms with van der Waals surface area (Å²) >= 11 is 0. The number of carbonyl (C=O) groups excluding carboxylic acids is 1. The average Bonchev–Trinajstić information content (AvgIpc) is 1.84. The maximum absolute atomic E-state index is 9.87. The van der Waals surface area contributed by atoms with Crippen molar-refractivity contribution < 1.29 is 4.79 Å². The van der Waals surface area contributed by atoms with Gasteiger partial charge in [-0.25, -0.2) is 0 Å². The molecule has 0 aromatic rings. The first kappa shape index (κ1) is 7.73. The van der Waals surface area contributed by atoms with Gasteiger partial charge in [0.1, 0.15) is 6.29 Å². The van der Waals surface area contributed by atoms with Gasteiger partial charge in [0.25, 0.3) is 0 Å². The first-order valence-corrected chi connectivity index (χ1v) is 4.08. The Morgan fingerprint density at radius 3 is 2.80 bits per heavy atom. The minimum absolute atomic E-state index is 0.521. The van der Waals surface area contributed by atoms with Crippen molar-refractivity contribution in [1.82, 2.24) is 5.32 Å². The molecule has 1 fully saturated rings. The summed E-state index contributed by atoms with van der Waals surface area (Å²) in [7, 11) is 0. The number of rotatable bonds is 5. The van der Waals surface area contributed by atoms with Crippen LogP contribution in [-0.4, -0.2) is 19.4 Å². The van der Waals surface area contributed by atoms with Crippen molar-refractivity contribution in [1.29, 1.82) is 0 Å². The van der Waals surface area contributed by atoms with Gasteiger partial charge < -0.3 is 10.1 Å². The molecule has 0 radical (unpaired) electrons. The van der Waals surface area contributed by atoms with E-state index in [4.69, 9.17) is 0 Å². The smallest absolute Gasteiger partial charge is 0.133 e. The van der Waals surface area contributed by atoms with E-state index < -0.39 is 0 Å². The van der Waals surface area contributed by atoms with E-state index in [9.17, 15) is 4.79 Å². The molecule has 0 amide bonds. The van der Waals surface area contributed by atoms with Crippen LogP contribution in [0.2, 0.25) is 0 Å². The zero-order chi connectivity index (χ0) is 7.23. The molecule has 58 valence electrons. The topological polar surface area (TPSA) is 29.1 Å². The molecule has 2 nitrogen and oxygen atoms in total. The first-order chi connectivity index (χ1) is 4.93. The van der Waals surface area contributed by atoms with Crippen molar-refractivity contribution in [2.24, 2.45) is 5.92 Å². The maximum Gasteiger partial charge on any atom is 0.133 e. The van der Waals surface area contributed by atoms with E-state index in [-0.39, 0.29) is 0 Å². The van der Waals surface area contributed by atoms with Gasteiger partial charge in [0.2, 0.25) is 0 Å². The van der Waals surface area contributed by atoms with Crippen molar-refractivity contribution in [3.63, 3.8) is 0 Å². The zero-order valence-electron chi connectivity index (χ0n) is 6.31. The molecule has 0 aliphatic heterocycles. The summed E-state index contributed by atoms with van der Waals surface area (Å²) in [5.41, 5.74) is 0. The minimum Gasteiger partial charge on any atom is -0.310 e. The van der Waals surface area contributed by atoms with E-state index in [1.807, 2.05) is 0 Å².